The molecule has 27 heavy (non-hydrogen) atoms. The van der Waals surface area contributed by atoms with Gasteiger partial charge < -0.3 is 5.32 Å². The van der Waals surface area contributed by atoms with Gasteiger partial charge in [-0.3, -0.25) is 19.4 Å². The zero-order valence-corrected chi connectivity index (χ0v) is 15.2. The van der Waals surface area contributed by atoms with E-state index in [0.717, 1.165) is 25.2 Å². The molecule has 3 aromatic rings. The summed E-state index contributed by atoms with van der Waals surface area (Å²) in [6.45, 7) is 3.84. The first-order chi connectivity index (χ1) is 13.3. The Morgan fingerprint density at radius 3 is 2.63 bits per heavy atom. The van der Waals surface area contributed by atoms with Crippen molar-refractivity contribution in [2.75, 3.05) is 18.4 Å². The Labute approximate surface area is 158 Å². The van der Waals surface area contributed by atoms with E-state index in [4.69, 9.17) is 0 Å². The third-order valence-corrected chi connectivity index (χ3v) is 4.77. The maximum atomic E-state index is 12.6. The van der Waals surface area contributed by atoms with Crippen LogP contribution in [-0.4, -0.2) is 38.7 Å². The standard InChI is InChI=1S/C21H23N5O/c27-21(19-5-3-4-18(14-19)15-25-11-1-2-12-25)23-20-8-13-26(24-20)16-17-6-9-22-10-7-17/h3-10,13-14H,1-2,11-12,15-16H2,(H,23,24,27). The van der Waals surface area contributed by atoms with Crippen molar-refractivity contribution in [3.63, 3.8) is 0 Å². The average molecular weight is 361 g/mol. The van der Waals surface area contributed by atoms with Crippen LogP contribution in [0, 0.1) is 0 Å². The van der Waals surface area contributed by atoms with Gasteiger partial charge in [0.2, 0.25) is 0 Å². The highest BCUT2D eigenvalue weighted by atomic mass is 16.1. The summed E-state index contributed by atoms with van der Waals surface area (Å²) < 4.78 is 1.80. The molecule has 138 valence electrons. The first-order valence-corrected chi connectivity index (χ1v) is 9.31. The molecule has 0 saturated carbocycles. The lowest BCUT2D eigenvalue weighted by Gasteiger charge is -2.15. The van der Waals surface area contributed by atoms with E-state index in [-0.39, 0.29) is 5.91 Å². The zero-order valence-electron chi connectivity index (χ0n) is 15.2. The Morgan fingerprint density at radius 2 is 1.81 bits per heavy atom. The van der Waals surface area contributed by atoms with Gasteiger partial charge in [-0.2, -0.15) is 5.10 Å². The van der Waals surface area contributed by atoms with Gasteiger partial charge in [-0.15, -0.1) is 0 Å². The van der Waals surface area contributed by atoms with Crippen LogP contribution in [0.4, 0.5) is 5.82 Å². The van der Waals surface area contributed by atoms with Crippen molar-refractivity contribution in [1.29, 1.82) is 0 Å². The first-order valence-electron chi connectivity index (χ1n) is 9.31. The molecule has 0 bridgehead atoms. The van der Waals surface area contributed by atoms with Gasteiger partial charge >= 0.3 is 0 Å². The number of pyridine rings is 1. The molecule has 1 saturated heterocycles. The summed E-state index contributed by atoms with van der Waals surface area (Å²) in [7, 11) is 0. The molecule has 3 heterocycles. The summed E-state index contributed by atoms with van der Waals surface area (Å²) in [4.78, 5) is 19.0. The highest BCUT2D eigenvalue weighted by Gasteiger charge is 2.13. The predicted molar refractivity (Wildman–Crippen MR) is 104 cm³/mol. The van der Waals surface area contributed by atoms with Crippen LogP contribution in [0.2, 0.25) is 0 Å². The monoisotopic (exact) mass is 361 g/mol. The number of amides is 1. The molecule has 0 aliphatic carbocycles. The van der Waals surface area contributed by atoms with Crippen molar-refractivity contribution in [3.05, 3.63) is 77.7 Å². The van der Waals surface area contributed by atoms with Gasteiger partial charge in [-0.05, 0) is 61.3 Å². The molecular weight excluding hydrogens is 338 g/mol. The van der Waals surface area contributed by atoms with Gasteiger partial charge in [0.25, 0.3) is 5.91 Å². The van der Waals surface area contributed by atoms with Gasteiger partial charge in [0, 0.05) is 36.8 Å². The van der Waals surface area contributed by atoms with Crippen LogP contribution in [-0.2, 0) is 13.1 Å². The molecule has 0 unspecified atom stereocenters. The maximum absolute atomic E-state index is 12.6. The Balaban J connectivity index is 1.39. The summed E-state index contributed by atoms with van der Waals surface area (Å²) in [6.07, 6.45) is 7.91. The number of hydrogen-bond donors (Lipinski definition) is 1. The van der Waals surface area contributed by atoms with E-state index < -0.39 is 0 Å². The minimum atomic E-state index is -0.132. The van der Waals surface area contributed by atoms with E-state index in [2.05, 4.69) is 26.4 Å². The minimum Gasteiger partial charge on any atom is -0.305 e. The van der Waals surface area contributed by atoms with Crippen molar-refractivity contribution < 1.29 is 4.79 Å². The lowest BCUT2D eigenvalue weighted by Crippen LogP contribution is -2.19. The van der Waals surface area contributed by atoms with Gasteiger partial charge in [-0.25, -0.2) is 0 Å². The number of anilines is 1. The predicted octanol–water partition coefficient (Wildman–Crippen LogP) is 3.17. The summed E-state index contributed by atoms with van der Waals surface area (Å²) in [5.41, 5.74) is 2.95. The number of rotatable bonds is 6. The highest BCUT2D eigenvalue weighted by Crippen LogP contribution is 2.15. The number of nitrogens with zero attached hydrogens (tertiary/aromatic N) is 4. The molecule has 6 heteroatoms. The van der Waals surface area contributed by atoms with Crippen molar-refractivity contribution in [2.24, 2.45) is 0 Å². The second-order valence-electron chi connectivity index (χ2n) is 6.89. The molecule has 6 nitrogen and oxygen atoms in total. The van der Waals surface area contributed by atoms with Gasteiger partial charge in [-0.1, -0.05) is 12.1 Å². The Morgan fingerprint density at radius 1 is 1.00 bits per heavy atom. The molecule has 4 rings (SSSR count). The van der Waals surface area contributed by atoms with Crippen LogP contribution in [0.1, 0.15) is 34.3 Å². The molecule has 1 aromatic carbocycles. The van der Waals surface area contributed by atoms with Crippen molar-refractivity contribution >= 4 is 11.7 Å². The number of likely N-dealkylation sites (tertiary alicyclic amines) is 1. The second kappa shape index (κ2) is 8.14. The normalized spacial score (nSPS) is 14.4. The first kappa shape index (κ1) is 17.4. The highest BCUT2D eigenvalue weighted by molar-refractivity contribution is 6.03. The molecule has 0 radical (unpaired) electrons. The topological polar surface area (TPSA) is 63.1 Å². The smallest absolute Gasteiger partial charge is 0.256 e. The molecule has 2 aromatic heterocycles. The third-order valence-electron chi connectivity index (χ3n) is 4.77. The van der Waals surface area contributed by atoms with Gasteiger partial charge in [0.1, 0.15) is 0 Å². The van der Waals surface area contributed by atoms with Crippen LogP contribution < -0.4 is 5.32 Å². The third kappa shape index (κ3) is 4.60. The molecule has 1 fully saturated rings. The van der Waals surface area contributed by atoms with Crippen LogP contribution in [0.5, 0.6) is 0 Å². The van der Waals surface area contributed by atoms with E-state index in [1.54, 1.807) is 17.1 Å². The summed E-state index contributed by atoms with van der Waals surface area (Å²) in [5, 5.41) is 7.32. The number of carbonyl (C=O) groups excluding carboxylic acids is 1. The molecule has 1 aliphatic rings. The lowest BCUT2D eigenvalue weighted by molar-refractivity contribution is 0.102. The van der Waals surface area contributed by atoms with E-state index in [1.807, 2.05) is 42.6 Å². The quantitative estimate of drug-likeness (QED) is 0.732. The largest absolute Gasteiger partial charge is 0.305 e. The maximum Gasteiger partial charge on any atom is 0.256 e. The van der Waals surface area contributed by atoms with E-state index in [9.17, 15) is 4.79 Å². The summed E-state index contributed by atoms with van der Waals surface area (Å²) >= 11 is 0. The van der Waals surface area contributed by atoms with Crippen LogP contribution in [0.15, 0.2) is 61.1 Å². The second-order valence-corrected chi connectivity index (χ2v) is 6.89. The SMILES string of the molecule is O=C(Nc1ccn(Cc2ccncc2)n1)c1cccc(CN2CCCC2)c1. The van der Waals surface area contributed by atoms with E-state index in [1.165, 1.54) is 18.4 Å². The van der Waals surface area contributed by atoms with Crippen LogP contribution in [0.3, 0.4) is 0 Å². The number of hydrogen-bond acceptors (Lipinski definition) is 4. The van der Waals surface area contributed by atoms with Crippen molar-refractivity contribution in [2.45, 2.75) is 25.9 Å². The van der Waals surface area contributed by atoms with Crippen LogP contribution in [0.25, 0.3) is 0 Å². The molecule has 0 spiro atoms. The number of carbonyl (C=O) groups is 1. The minimum absolute atomic E-state index is 0.132. The van der Waals surface area contributed by atoms with E-state index >= 15 is 0 Å². The lowest BCUT2D eigenvalue weighted by atomic mass is 10.1. The van der Waals surface area contributed by atoms with Gasteiger partial charge in [0.15, 0.2) is 5.82 Å². The number of aromatic nitrogens is 3. The summed E-state index contributed by atoms with van der Waals surface area (Å²) in [6, 6.07) is 13.6. The average Bonchev–Trinajstić information content (AvgIpc) is 3.35. The Kier molecular flexibility index (Phi) is 5.25. The molecule has 0 atom stereocenters. The molecule has 1 amide bonds. The van der Waals surface area contributed by atoms with Crippen LogP contribution >= 0.6 is 0 Å². The zero-order chi connectivity index (χ0) is 18.5. The van der Waals surface area contributed by atoms with Crippen molar-refractivity contribution in [1.82, 2.24) is 19.7 Å². The fourth-order valence-electron chi connectivity index (χ4n) is 3.39. The molecule has 1 aliphatic heterocycles. The van der Waals surface area contributed by atoms with Gasteiger partial charge in [0.05, 0.1) is 6.54 Å². The number of benzene rings is 1. The van der Waals surface area contributed by atoms with E-state index in [0.29, 0.717) is 17.9 Å². The molecule has 1 N–H and O–H groups in total. The Hall–Kier alpha value is -2.99. The molecular formula is C21H23N5O. The fourth-order valence-corrected chi connectivity index (χ4v) is 3.39. The van der Waals surface area contributed by atoms with Crippen molar-refractivity contribution in [3.8, 4) is 0 Å². The summed E-state index contributed by atoms with van der Waals surface area (Å²) in [5.74, 6) is 0.423. The Bertz CT molecular complexity index is 900. The number of nitrogens with one attached hydrogen (secondary N) is 1. The fraction of sp³-hybridized carbons (Fsp3) is 0.286.